The minimum Gasteiger partial charge on any atom is -0.466 e. The van der Waals surface area contributed by atoms with Crippen LogP contribution in [0.25, 0.3) is 0 Å². The van der Waals surface area contributed by atoms with Crippen molar-refractivity contribution < 1.29 is 23.9 Å². The van der Waals surface area contributed by atoms with Crippen molar-refractivity contribution in [2.75, 3.05) is 37.9 Å². The largest absolute Gasteiger partial charge is 0.466 e. The van der Waals surface area contributed by atoms with Gasteiger partial charge in [-0.3, -0.25) is 19.8 Å². The topological polar surface area (TPSA) is 106 Å². The lowest BCUT2D eigenvalue weighted by Crippen LogP contribution is -2.46. The van der Waals surface area contributed by atoms with Crippen LogP contribution in [-0.4, -0.2) is 48.7 Å². The summed E-state index contributed by atoms with van der Waals surface area (Å²) in [6.45, 7) is 3.88. The molecule has 3 heterocycles. The number of benzene rings is 3. The van der Waals surface area contributed by atoms with Crippen LogP contribution < -0.4 is 24.4 Å². The summed E-state index contributed by atoms with van der Waals surface area (Å²) in [4.78, 5) is 28.4. The zero-order valence-electron chi connectivity index (χ0n) is 19.4. The van der Waals surface area contributed by atoms with Gasteiger partial charge in [0.25, 0.3) is 11.6 Å². The zero-order chi connectivity index (χ0) is 24.6. The number of anilines is 1. The lowest BCUT2D eigenvalue weighted by molar-refractivity contribution is -0.384. The number of nitrogens with one attached hydrogen (secondary N) is 1. The highest BCUT2D eigenvalue weighted by atomic mass is 16.7. The summed E-state index contributed by atoms with van der Waals surface area (Å²) >= 11 is 0. The van der Waals surface area contributed by atoms with E-state index in [4.69, 9.17) is 14.2 Å². The highest BCUT2D eigenvalue weighted by Gasteiger charge is 2.30. The first-order valence-electron chi connectivity index (χ1n) is 11.8. The van der Waals surface area contributed by atoms with Crippen LogP contribution in [-0.2, 0) is 6.54 Å². The Hall–Kier alpha value is -4.31. The highest BCUT2D eigenvalue weighted by molar-refractivity contribution is 5.98. The molecule has 3 aliphatic heterocycles. The van der Waals surface area contributed by atoms with Crippen LogP contribution in [0, 0.1) is 10.1 Å². The molecule has 0 saturated carbocycles. The van der Waals surface area contributed by atoms with E-state index in [2.05, 4.69) is 10.2 Å². The summed E-state index contributed by atoms with van der Waals surface area (Å²) in [5, 5.41) is 14.8. The third kappa shape index (κ3) is 4.16. The lowest BCUT2D eigenvalue weighted by Gasteiger charge is -2.36. The van der Waals surface area contributed by atoms with E-state index < -0.39 is 6.23 Å². The number of carbonyl (C=O) groups excluding carboxylic acids is 1. The van der Waals surface area contributed by atoms with E-state index in [0.29, 0.717) is 35.7 Å². The summed E-state index contributed by atoms with van der Waals surface area (Å²) in [5.74, 6) is 1.72. The van der Waals surface area contributed by atoms with Crippen molar-refractivity contribution in [3.05, 3.63) is 87.5 Å². The number of piperazine rings is 1. The quantitative estimate of drug-likeness (QED) is 0.430. The third-order valence-electron chi connectivity index (χ3n) is 6.69. The van der Waals surface area contributed by atoms with Crippen LogP contribution in [0.1, 0.15) is 27.7 Å². The van der Waals surface area contributed by atoms with E-state index in [-0.39, 0.29) is 23.3 Å². The number of rotatable bonds is 5. The van der Waals surface area contributed by atoms with E-state index in [1.807, 2.05) is 23.1 Å². The van der Waals surface area contributed by atoms with Gasteiger partial charge < -0.3 is 24.4 Å². The molecule has 1 amide bonds. The van der Waals surface area contributed by atoms with Crippen LogP contribution in [0.5, 0.6) is 17.2 Å². The smallest absolute Gasteiger partial charge is 0.293 e. The van der Waals surface area contributed by atoms with E-state index >= 15 is 0 Å². The molecule has 0 spiro atoms. The normalized spacial score (nSPS) is 18.8. The molecule has 36 heavy (non-hydrogen) atoms. The molecule has 0 aliphatic carbocycles. The fraction of sp³-hybridized carbons (Fsp3) is 0.269. The summed E-state index contributed by atoms with van der Waals surface area (Å²) in [7, 11) is 0. The van der Waals surface area contributed by atoms with Gasteiger partial charge in [-0.05, 0) is 35.9 Å². The first kappa shape index (κ1) is 22.2. The summed E-state index contributed by atoms with van der Waals surface area (Å²) < 4.78 is 16.8. The Morgan fingerprint density at radius 2 is 1.75 bits per heavy atom. The van der Waals surface area contributed by atoms with Crippen molar-refractivity contribution in [2.45, 2.75) is 12.8 Å². The Kier molecular flexibility index (Phi) is 5.57. The van der Waals surface area contributed by atoms with Crippen molar-refractivity contribution in [3.8, 4) is 17.2 Å². The maximum Gasteiger partial charge on any atom is 0.293 e. The number of nitro groups is 1. The SMILES string of the molecule is O=C1N[C@@H](c2ccc(N3CCN(Cc4ccc5c(c4)OCO5)CC3)c([N+](=O)[O-])c2)Oc2ccccc21. The van der Waals surface area contributed by atoms with Crippen molar-refractivity contribution in [3.63, 3.8) is 0 Å². The van der Waals surface area contributed by atoms with Gasteiger partial charge >= 0.3 is 0 Å². The number of nitrogens with zero attached hydrogens (tertiary/aromatic N) is 3. The Morgan fingerprint density at radius 3 is 2.58 bits per heavy atom. The van der Waals surface area contributed by atoms with Gasteiger partial charge in [0.15, 0.2) is 17.7 Å². The number of hydrogen-bond donors (Lipinski definition) is 1. The van der Waals surface area contributed by atoms with Crippen LogP contribution in [0.4, 0.5) is 11.4 Å². The van der Waals surface area contributed by atoms with Gasteiger partial charge in [-0.25, -0.2) is 0 Å². The maximum atomic E-state index is 12.5. The van der Waals surface area contributed by atoms with Crippen LogP contribution in [0.15, 0.2) is 60.7 Å². The average Bonchev–Trinajstić information content (AvgIpc) is 3.37. The summed E-state index contributed by atoms with van der Waals surface area (Å²) in [6, 6.07) is 17.9. The van der Waals surface area contributed by atoms with Gasteiger partial charge in [-0.1, -0.05) is 24.3 Å². The molecule has 1 saturated heterocycles. The number of nitro benzene ring substituents is 1. The summed E-state index contributed by atoms with van der Waals surface area (Å²) in [5.41, 5.74) is 2.66. The Balaban J connectivity index is 1.15. The fourth-order valence-corrected chi connectivity index (χ4v) is 4.82. The first-order chi connectivity index (χ1) is 17.5. The maximum absolute atomic E-state index is 12.5. The molecule has 1 fully saturated rings. The molecule has 1 atom stereocenters. The van der Waals surface area contributed by atoms with E-state index in [1.165, 1.54) is 6.07 Å². The number of carbonyl (C=O) groups is 1. The molecular weight excluding hydrogens is 464 g/mol. The zero-order valence-corrected chi connectivity index (χ0v) is 19.4. The number of para-hydroxylation sites is 1. The van der Waals surface area contributed by atoms with Gasteiger partial charge in [0, 0.05) is 44.4 Å². The molecular formula is C26H24N4O6. The second-order valence-electron chi connectivity index (χ2n) is 8.92. The van der Waals surface area contributed by atoms with E-state index in [9.17, 15) is 14.9 Å². The van der Waals surface area contributed by atoms with Crippen LogP contribution in [0.3, 0.4) is 0 Å². The first-order valence-corrected chi connectivity index (χ1v) is 11.8. The molecule has 10 heteroatoms. The number of ether oxygens (including phenoxy) is 3. The molecule has 1 N–H and O–H groups in total. The molecule has 3 aromatic rings. The lowest BCUT2D eigenvalue weighted by atomic mass is 10.1. The van der Waals surface area contributed by atoms with Crippen molar-refractivity contribution >= 4 is 17.3 Å². The molecule has 0 bridgehead atoms. The Labute approximate surface area is 207 Å². The van der Waals surface area contributed by atoms with Gasteiger partial charge in [0.05, 0.1) is 10.5 Å². The summed E-state index contributed by atoms with van der Waals surface area (Å²) in [6.07, 6.45) is -0.793. The number of hydrogen-bond acceptors (Lipinski definition) is 8. The molecule has 0 radical (unpaired) electrons. The average molecular weight is 489 g/mol. The molecule has 184 valence electrons. The minimum absolute atomic E-state index is 0.00608. The molecule has 3 aromatic carbocycles. The fourth-order valence-electron chi connectivity index (χ4n) is 4.82. The molecule has 0 unspecified atom stereocenters. The third-order valence-corrected chi connectivity index (χ3v) is 6.69. The highest BCUT2D eigenvalue weighted by Crippen LogP contribution is 2.36. The number of fused-ring (bicyclic) bond motifs is 2. The predicted molar refractivity (Wildman–Crippen MR) is 130 cm³/mol. The van der Waals surface area contributed by atoms with Crippen LogP contribution in [0.2, 0.25) is 0 Å². The van der Waals surface area contributed by atoms with E-state index in [0.717, 1.165) is 36.7 Å². The van der Waals surface area contributed by atoms with Crippen molar-refractivity contribution in [1.29, 1.82) is 0 Å². The van der Waals surface area contributed by atoms with Gasteiger partial charge in [-0.2, -0.15) is 0 Å². The van der Waals surface area contributed by atoms with Gasteiger partial charge in [0.2, 0.25) is 6.79 Å². The molecule has 6 rings (SSSR count). The Morgan fingerprint density at radius 1 is 0.944 bits per heavy atom. The molecule has 3 aliphatic rings. The molecule has 10 nitrogen and oxygen atoms in total. The Bertz CT molecular complexity index is 1340. The van der Waals surface area contributed by atoms with E-state index in [1.54, 1.807) is 36.4 Å². The monoisotopic (exact) mass is 488 g/mol. The minimum atomic E-state index is -0.793. The standard InChI is InChI=1S/C26H24N4O6/c31-25-19-3-1-2-4-22(19)36-26(27-25)18-6-7-20(21(14-18)30(32)33)29-11-9-28(10-12-29)15-17-5-8-23-24(13-17)35-16-34-23/h1-8,13-14,26H,9-12,15-16H2,(H,27,31)/t26-/m1/s1. The van der Waals surface area contributed by atoms with Gasteiger partial charge in [-0.15, -0.1) is 0 Å². The molecule has 0 aromatic heterocycles. The van der Waals surface area contributed by atoms with Crippen molar-refractivity contribution in [1.82, 2.24) is 10.2 Å². The number of amides is 1. The second-order valence-corrected chi connectivity index (χ2v) is 8.92. The predicted octanol–water partition coefficient (Wildman–Crippen LogP) is 3.47. The van der Waals surface area contributed by atoms with Crippen LogP contribution >= 0.6 is 0 Å². The van der Waals surface area contributed by atoms with Crippen molar-refractivity contribution in [2.24, 2.45) is 0 Å². The van der Waals surface area contributed by atoms with Gasteiger partial charge in [0.1, 0.15) is 11.4 Å². The second kappa shape index (κ2) is 9.04.